The molecule has 0 fully saturated rings. The normalized spacial score (nSPS) is 14.4. The molecule has 1 aliphatic heterocycles. The van der Waals surface area contributed by atoms with E-state index in [0.29, 0.717) is 13.1 Å². The van der Waals surface area contributed by atoms with E-state index in [4.69, 9.17) is 5.11 Å². The Morgan fingerprint density at radius 1 is 1.46 bits per heavy atom. The third-order valence-corrected chi connectivity index (χ3v) is 2.49. The lowest BCUT2D eigenvalue weighted by Gasteiger charge is -2.08. The van der Waals surface area contributed by atoms with E-state index in [1.54, 1.807) is 0 Å². The SMILES string of the molecule is Cc1cccc2c1CN(C(=O)O)C2. The molecule has 0 saturated heterocycles. The van der Waals surface area contributed by atoms with Crippen LogP contribution in [0.25, 0.3) is 0 Å². The smallest absolute Gasteiger partial charge is 0.407 e. The highest BCUT2D eigenvalue weighted by atomic mass is 16.4. The van der Waals surface area contributed by atoms with Crippen LogP contribution in [-0.4, -0.2) is 16.1 Å². The summed E-state index contributed by atoms with van der Waals surface area (Å²) < 4.78 is 0. The molecular formula is C10H11NO2. The monoisotopic (exact) mass is 177 g/mol. The van der Waals surface area contributed by atoms with Gasteiger partial charge in [0.1, 0.15) is 0 Å². The maximum atomic E-state index is 10.7. The summed E-state index contributed by atoms with van der Waals surface area (Å²) in [7, 11) is 0. The average Bonchev–Trinajstić information content (AvgIpc) is 2.49. The van der Waals surface area contributed by atoms with E-state index in [9.17, 15) is 4.79 Å². The number of aryl methyl sites for hydroxylation is 1. The van der Waals surface area contributed by atoms with Crippen molar-refractivity contribution in [2.75, 3.05) is 0 Å². The van der Waals surface area contributed by atoms with Gasteiger partial charge in [0.2, 0.25) is 0 Å². The fourth-order valence-corrected chi connectivity index (χ4v) is 1.73. The molecule has 0 radical (unpaired) electrons. The summed E-state index contributed by atoms with van der Waals surface area (Å²) in [6.45, 7) is 3.09. The highest BCUT2D eigenvalue weighted by Gasteiger charge is 2.23. The van der Waals surface area contributed by atoms with Gasteiger partial charge in [0, 0.05) is 13.1 Å². The van der Waals surface area contributed by atoms with Gasteiger partial charge in [-0.2, -0.15) is 0 Å². The molecule has 0 saturated carbocycles. The van der Waals surface area contributed by atoms with Gasteiger partial charge in [-0.1, -0.05) is 18.2 Å². The second-order valence-electron chi connectivity index (χ2n) is 3.35. The topological polar surface area (TPSA) is 40.5 Å². The van der Waals surface area contributed by atoms with Crippen LogP contribution in [0.4, 0.5) is 4.79 Å². The third-order valence-electron chi connectivity index (χ3n) is 2.49. The first kappa shape index (κ1) is 8.10. The van der Waals surface area contributed by atoms with Gasteiger partial charge < -0.3 is 5.11 Å². The molecule has 0 spiro atoms. The lowest BCUT2D eigenvalue weighted by atomic mass is 10.1. The van der Waals surface area contributed by atoms with E-state index in [0.717, 1.165) is 5.56 Å². The standard InChI is InChI=1S/C10H11NO2/c1-7-3-2-4-8-5-11(10(12)13)6-9(7)8/h2-4H,5-6H2,1H3,(H,12,13). The molecule has 0 unspecified atom stereocenters. The molecule has 3 heteroatoms. The van der Waals surface area contributed by atoms with E-state index in [1.165, 1.54) is 16.0 Å². The predicted molar refractivity (Wildman–Crippen MR) is 48.5 cm³/mol. The van der Waals surface area contributed by atoms with Crippen molar-refractivity contribution in [3.05, 3.63) is 34.9 Å². The molecule has 3 nitrogen and oxygen atoms in total. The van der Waals surface area contributed by atoms with Gasteiger partial charge in [-0.3, -0.25) is 4.90 Å². The Balaban J connectivity index is 2.35. The zero-order valence-electron chi connectivity index (χ0n) is 7.45. The summed E-state index contributed by atoms with van der Waals surface area (Å²) in [5.74, 6) is 0. The Bertz CT molecular complexity index is 360. The van der Waals surface area contributed by atoms with Crippen LogP contribution in [0.2, 0.25) is 0 Å². The molecule has 1 aromatic rings. The maximum absolute atomic E-state index is 10.7. The summed E-state index contributed by atoms with van der Waals surface area (Å²) >= 11 is 0. The summed E-state index contributed by atoms with van der Waals surface area (Å²) in [5, 5.41) is 8.80. The van der Waals surface area contributed by atoms with E-state index < -0.39 is 6.09 Å². The first-order valence-corrected chi connectivity index (χ1v) is 4.23. The first-order chi connectivity index (χ1) is 6.18. The predicted octanol–water partition coefficient (Wildman–Crippen LogP) is 1.99. The quantitative estimate of drug-likeness (QED) is 0.658. The van der Waals surface area contributed by atoms with Crippen LogP contribution in [0, 0.1) is 6.92 Å². The summed E-state index contributed by atoms with van der Waals surface area (Å²) in [6.07, 6.45) is -0.837. The molecule has 68 valence electrons. The lowest BCUT2D eigenvalue weighted by molar-refractivity contribution is 0.145. The number of fused-ring (bicyclic) bond motifs is 1. The molecule has 2 rings (SSSR count). The largest absolute Gasteiger partial charge is 0.465 e. The molecule has 0 aromatic heterocycles. The molecule has 1 heterocycles. The van der Waals surface area contributed by atoms with Gasteiger partial charge in [-0.15, -0.1) is 0 Å². The van der Waals surface area contributed by atoms with Gasteiger partial charge in [0.15, 0.2) is 0 Å². The fraction of sp³-hybridized carbons (Fsp3) is 0.300. The summed E-state index contributed by atoms with van der Waals surface area (Å²) in [4.78, 5) is 12.1. The molecule has 0 atom stereocenters. The number of hydrogen-bond donors (Lipinski definition) is 1. The average molecular weight is 177 g/mol. The zero-order valence-corrected chi connectivity index (χ0v) is 7.45. The minimum Gasteiger partial charge on any atom is -0.465 e. The Labute approximate surface area is 76.6 Å². The van der Waals surface area contributed by atoms with Crippen molar-refractivity contribution >= 4 is 6.09 Å². The van der Waals surface area contributed by atoms with E-state index in [-0.39, 0.29) is 0 Å². The molecule has 1 aliphatic rings. The second kappa shape index (κ2) is 2.76. The van der Waals surface area contributed by atoms with Gasteiger partial charge in [-0.25, -0.2) is 4.79 Å². The van der Waals surface area contributed by atoms with Crippen molar-refractivity contribution in [2.24, 2.45) is 0 Å². The molecule has 0 aliphatic carbocycles. The van der Waals surface area contributed by atoms with Crippen LogP contribution in [0.3, 0.4) is 0 Å². The molecule has 13 heavy (non-hydrogen) atoms. The van der Waals surface area contributed by atoms with Gasteiger partial charge >= 0.3 is 6.09 Å². The Kier molecular flexibility index (Phi) is 1.72. The highest BCUT2D eigenvalue weighted by Crippen LogP contribution is 2.25. The Morgan fingerprint density at radius 2 is 2.23 bits per heavy atom. The lowest BCUT2D eigenvalue weighted by Crippen LogP contribution is -2.22. The van der Waals surface area contributed by atoms with E-state index >= 15 is 0 Å². The third kappa shape index (κ3) is 1.26. The highest BCUT2D eigenvalue weighted by molar-refractivity contribution is 5.66. The zero-order chi connectivity index (χ0) is 9.42. The van der Waals surface area contributed by atoms with Crippen molar-refractivity contribution in [1.29, 1.82) is 0 Å². The van der Waals surface area contributed by atoms with Gasteiger partial charge in [0.05, 0.1) is 0 Å². The number of hydrogen-bond acceptors (Lipinski definition) is 1. The Hall–Kier alpha value is -1.51. The number of carboxylic acid groups (broad SMARTS) is 1. The van der Waals surface area contributed by atoms with E-state index in [1.807, 2.05) is 25.1 Å². The van der Waals surface area contributed by atoms with Crippen molar-refractivity contribution in [3.8, 4) is 0 Å². The van der Waals surface area contributed by atoms with Crippen LogP contribution in [0.1, 0.15) is 16.7 Å². The number of benzene rings is 1. The minimum absolute atomic E-state index is 0.534. The number of nitrogens with zero attached hydrogens (tertiary/aromatic N) is 1. The minimum atomic E-state index is -0.837. The maximum Gasteiger partial charge on any atom is 0.407 e. The molecule has 0 bridgehead atoms. The van der Waals surface area contributed by atoms with Crippen LogP contribution in [-0.2, 0) is 13.1 Å². The van der Waals surface area contributed by atoms with Crippen molar-refractivity contribution in [2.45, 2.75) is 20.0 Å². The molecule has 1 aromatic carbocycles. The van der Waals surface area contributed by atoms with Crippen LogP contribution in [0.15, 0.2) is 18.2 Å². The van der Waals surface area contributed by atoms with Crippen LogP contribution in [0.5, 0.6) is 0 Å². The summed E-state index contributed by atoms with van der Waals surface area (Å²) in [6, 6.07) is 5.98. The molecule has 1 amide bonds. The van der Waals surface area contributed by atoms with Gasteiger partial charge in [-0.05, 0) is 23.6 Å². The fourth-order valence-electron chi connectivity index (χ4n) is 1.73. The van der Waals surface area contributed by atoms with Crippen LogP contribution >= 0.6 is 0 Å². The van der Waals surface area contributed by atoms with Gasteiger partial charge in [0.25, 0.3) is 0 Å². The number of amides is 1. The first-order valence-electron chi connectivity index (χ1n) is 4.23. The van der Waals surface area contributed by atoms with Crippen molar-refractivity contribution < 1.29 is 9.90 Å². The molecule has 1 N–H and O–H groups in total. The van der Waals surface area contributed by atoms with Crippen LogP contribution < -0.4 is 0 Å². The van der Waals surface area contributed by atoms with Crippen molar-refractivity contribution in [1.82, 2.24) is 4.90 Å². The van der Waals surface area contributed by atoms with Crippen molar-refractivity contribution in [3.63, 3.8) is 0 Å². The number of rotatable bonds is 0. The Morgan fingerprint density at radius 3 is 2.85 bits per heavy atom. The summed E-state index contributed by atoms with van der Waals surface area (Å²) in [5.41, 5.74) is 3.49. The number of carbonyl (C=O) groups is 1. The molecular weight excluding hydrogens is 166 g/mol. The second-order valence-corrected chi connectivity index (χ2v) is 3.35. The van der Waals surface area contributed by atoms with E-state index in [2.05, 4.69) is 0 Å².